The standard InChI is InChI=1S/C12H19N3O2/c1-8-14(3)11-6-15(8)9(7-17-4)5-10(11)12(16)13-2/h5,9,11H,1,6-7H2,2-4H3,(H,13,16). The van der Waals surface area contributed by atoms with Crippen LogP contribution in [0, 0.1) is 0 Å². The van der Waals surface area contributed by atoms with Gasteiger partial charge in [-0.15, -0.1) is 0 Å². The average Bonchev–Trinajstić information content (AvgIpc) is 2.58. The third kappa shape index (κ3) is 1.80. The molecular formula is C12H19N3O2. The predicted molar refractivity (Wildman–Crippen MR) is 65.2 cm³/mol. The van der Waals surface area contributed by atoms with E-state index in [1.165, 1.54) is 0 Å². The zero-order chi connectivity index (χ0) is 12.6. The molecule has 0 radical (unpaired) electrons. The highest BCUT2D eigenvalue weighted by atomic mass is 16.5. The van der Waals surface area contributed by atoms with Gasteiger partial charge in [-0.3, -0.25) is 4.79 Å². The number of ether oxygens (including phenoxy) is 1. The summed E-state index contributed by atoms with van der Waals surface area (Å²) in [5.41, 5.74) is 0.812. The van der Waals surface area contributed by atoms with E-state index in [2.05, 4.69) is 21.7 Å². The van der Waals surface area contributed by atoms with E-state index in [9.17, 15) is 4.79 Å². The zero-order valence-electron chi connectivity index (χ0n) is 10.6. The Morgan fingerprint density at radius 1 is 1.71 bits per heavy atom. The lowest BCUT2D eigenvalue weighted by atomic mass is 9.99. The highest BCUT2D eigenvalue weighted by Gasteiger charge is 2.41. The van der Waals surface area contributed by atoms with Crippen LogP contribution in [0.3, 0.4) is 0 Å². The number of amides is 1. The van der Waals surface area contributed by atoms with Crippen molar-refractivity contribution in [3.8, 4) is 0 Å². The van der Waals surface area contributed by atoms with Crippen LogP contribution >= 0.6 is 0 Å². The van der Waals surface area contributed by atoms with Crippen molar-refractivity contribution in [2.24, 2.45) is 0 Å². The van der Waals surface area contributed by atoms with Crippen molar-refractivity contribution >= 4 is 5.91 Å². The normalized spacial score (nSPS) is 27.2. The minimum atomic E-state index is -0.0164. The fraction of sp³-hybridized carbons (Fsp3) is 0.583. The first-order chi connectivity index (χ1) is 8.10. The monoisotopic (exact) mass is 237 g/mol. The number of likely N-dealkylation sites (N-methyl/N-ethyl adjacent to an activating group) is 2. The number of nitrogens with one attached hydrogen (secondary N) is 1. The lowest BCUT2D eigenvalue weighted by Crippen LogP contribution is -2.42. The van der Waals surface area contributed by atoms with Crippen molar-refractivity contribution in [1.29, 1.82) is 0 Å². The van der Waals surface area contributed by atoms with Crippen molar-refractivity contribution in [2.45, 2.75) is 12.1 Å². The maximum atomic E-state index is 11.9. The molecule has 0 saturated carbocycles. The topological polar surface area (TPSA) is 44.8 Å². The van der Waals surface area contributed by atoms with Crippen LogP contribution in [0.4, 0.5) is 0 Å². The van der Waals surface area contributed by atoms with Crippen LogP contribution in [0.25, 0.3) is 0 Å². The van der Waals surface area contributed by atoms with Crippen LogP contribution in [-0.2, 0) is 9.53 Å². The molecule has 5 nitrogen and oxygen atoms in total. The number of carbonyl (C=O) groups excluding carboxylic acids is 1. The molecular weight excluding hydrogens is 218 g/mol. The summed E-state index contributed by atoms with van der Waals surface area (Å²) in [6.45, 7) is 5.44. The highest BCUT2D eigenvalue weighted by molar-refractivity contribution is 5.95. The summed E-state index contributed by atoms with van der Waals surface area (Å²) in [5, 5.41) is 2.69. The third-order valence-electron chi connectivity index (χ3n) is 3.53. The molecule has 0 aromatic carbocycles. The van der Waals surface area contributed by atoms with Gasteiger partial charge < -0.3 is 19.9 Å². The maximum Gasteiger partial charge on any atom is 0.248 e. The minimum absolute atomic E-state index is 0.0164. The van der Waals surface area contributed by atoms with Gasteiger partial charge in [0.05, 0.1) is 24.5 Å². The van der Waals surface area contributed by atoms with Gasteiger partial charge in [-0.25, -0.2) is 0 Å². The molecule has 1 amide bonds. The molecule has 0 aromatic heterocycles. The molecule has 17 heavy (non-hydrogen) atoms. The number of fused-ring (bicyclic) bond motifs is 2. The zero-order valence-corrected chi connectivity index (χ0v) is 10.6. The molecule has 5 heteroatoms. The van der Waals surface area contributed by atoms with E-state index in [1.54, 1.807) is 14.2 Å². The van der Waals surface area contributed by atoms with Gasteiger partial charge >= 0.3 is 0 Å². The Morgan fingerprint density at radius 2 is 2.41 bits per heavy atom. The van der Waals surface area contributed by atoms with E-state index in [0.29, 0.717) is 6.61 Å². The smallest absolute Gasteiger partial charge is 0.248 e. The Balaban J connectivity index is 2.32. The molecule has 2 atom stereocenters. The highest BCUT2D eigenvalue weighted by Crippen LogP contribution is 2.33. The van der Waals surface area contributed by atoms with E-state index in [4.69, 9.17) is 4.74 Å². The first kappa shape index (κ1) is 12.0. The first-order valence-electron chi connectivity index (χ1n) is 5.71. The maximum absolute atomic E-state index is 11.9. The largest absolute Gasteiger partial charge is 0.382 e. The van der Waals surface area contributed by atoms with E-state index in [-0.39, 0.29) is 18.0 Å². The number of hydrogen-bond donors (Lipinski definition) is 1. The molecule has 2 unspecified atom stereocenters. The number of methoxy groups -OCH3 is 1. The minimum Gasteiger partial charge on any atom is -0.382 e. The van der Waals surface area contributed by atoms with Gasteiger partial charge in [0.2, 0.25) is 5.91 Å². The van der Waals surface area contributed by atoms with Gasteiger partial charge in [0.1, 0.15) is 0 Å². The molecule has 94 valence electrons. The first-order valence-corrected chi connectivity index (χ1v) is 5.71. The summed E-state index contributed by atoms with van der Waals surface area (Å²) in [4.78, 5) is 16.1. The molecule has 2 aliphatic rings. The summed E-state index contributed by atoms with van der Waals surface area (Å²) in [6, 6.07) is 0.205. The second-order valence-corrected chi connectivity index (χ2v) is 4.42. The molecule has 2 heterocycles. The van der Waals surface area contributed by atoms with Gasteiger partial charge in [0.15, 0.2) is 0 Å². The molecule has 0 aliphatic carbocycles. The molecule has 0 spiro atoms. The summed E-state index contributed by atoms with van der Waals surface area (Å²) in [6.07, 6.45) is 1.99. The van der Waals surface area contributed by atoms with Gasteiger partial charge in [0.25, 0.3) is 0 Å². The van der Waals surface area contributed by atoms with Crippen molar-refractivity contribution in [3.63, 3.8) is 0 Å². The van der Waals surface area contributed by atoms with Crippen molar-refractivity contribution < 1.29 is 9.53 Å². The number of rotatable bonds is 3. The van der Waals surface area contributed by atoms with Crippen molar-refractivity contribution in [2.75, 3.05) is 34.4 Å². The van der Waals surface area contributed by atoms with Crippen LogP contribution in [0.1, 0.15) is 0 Å². The van der Waals surface area contributed by atoms with Gasteiger partial charge in [-0.2, -0.15) is 0 Å². The molecule has 2 aliphatic heterocycles. The number of nitrogens with zero attached hydrogens (tertiary/aromatic N) is 2. The summed E-state index contributed by atoms with van der Waals surface area (Å²) >= 11 is 0. The quantitative estimate of drug-likeness (QED) is 0.737. The fourth-order valence-electron chi connectivity index (χ4n) is 2.52. The Bertz CT molecular complexity index is 378. The predicted octanol–water partition coefficient (Wildman–Crippen LogP) is -0.225. The molecule has 1 saturated heterocycles. The number of hydrogen-bond acceptors (Lipinski definition) is 4. The lowest BCUT2D eigenvalue weighted by Gasteiger charge is -2.30. The molecule has 2 bridgehead atoms. The van der Waals surface area contributed by atoms with E-state index in [0.717, 1.165) is 17.9 Å². The lowest BCUT2D eigenvalue weighted by molar-refractivity contribution is -0.117. The van der Waals surface area contributed by atoms with Gasteiger partial charge in [-0.1, -0.05) is 6.58 Å². The van der Waals surface area contributed by atoms with Gasteiger partial charge in [0, 0.05) is 33.3 Å². The molecule has 1 N–H and O–H groups in total. The van der Waals surface area contributed by atoms with Crippen LogP contribution in [0.15, 0.2) is 24.0 Å². The molecule has 1 fully saturated rings. The second kappa shape index (κ2) is 4.41. The van der Waals surface area contributed by atoms with E-state index >= 15 is 0 Å². The SMILES string of the molecule is C=C1N(C)C2CN1C(COC)C=C2C(=O)NC. The van der Waals surface area contributed by atoms with Crippen LogP contribution in [0.2, 0.25) is 0 Å². The number of carbonyl (C=O) groups is 1. The van der Waals surface area contributed by atoms with Crippen LogP contribution < -0.4 is 5.32 Å². The van der Waals surface area contributed by atoms with E-state index in [1.807, 2.05) is 13.1 Å². The second-order valence-electron chi connectivity index (χ2n) is 4.42. The Morgan fingerprint density at radius 3 is 3.00 bits per heavy atom. The molecule has 2 rings (SSSR count). The van der Waals surface area contributed by atoms with Crippen molar-refractivity contribution in [3.05, 3.63) is 24.0 Å². The molecule has 0 aromatic rings. The Labute approximate surface area is 102 Å². The third-order valence-corrected chi connectivity index (χ3v) is 3.53. The van der Waals surface area contributed by atoms with Gasteiger partial charge in [-0.05, 0) is 6.08 Å². The summed E-state index contributed by atoms with van der Waals surface area (Å²) in [7, 11) is 5.30. The van der Waals surface area contributed by atoms with Crippen molar-refractivity contribution in [1.82, 2.24) is 15.1 Å². The van der Waals surface area contributed by atoms with Crippen LogP contribution in [-0.4, -0.2) is 62.1 Å². The Hall–Kier alpha value is -1.49. The fourth-order valence-corrected chi connectivity index (χ4v) is 2.52. The van der Waals surface area contributed by atoms with E-state index < -0.39 is 0 Å². The average molecular weight is 237 g/mol. The summed E-state index contributed by atoms with van der Waals surface area (Å²) in [5.74, 6) is 0.935. The summed E-state index contributed by atoms with van der Waals surface area (Å²) < 4.78 is 5.20. The van der Waals surface area contributed by atoms with Crippen LogP contribution in [0.5, 0.6) is 0 Å². The Kier molecular flexibility index (Phi) is 3.11.